The van der Waals surface area contributed by atoms with Crippen LogP contribution in [0.3, 0.4) is 0 Å². The molecule has 3 aromatic carbocycles. The van der Waals surface area contributed by atoms with Crippen LogP contribution >= 0.6 is 11.6 Å². The molecular weight excluding hydrogens is 434 g/mol. The molecule has 172 valence electrons. The number of likely N-dealkylation sites (N-methyl/N-ethyl adjacent to an activating group) is 1. The first kappa shape index (κ1) is 24.6. The topological polar surface area (TPSA) is 38.8 Å². The van der Waals surface area contributed by atoms with Gasteiger partial charge in [-0.3, -0.25) is 4.79 Å². The summed E-state index contributed by atoms with van der Waals surface area (Å²) in [6, 6.07) is 28.0. The van der Waals surface area contributed by atoms with Crippen LogP contribution in [0.1, 0.15) is 23.6 Å². The Labute approximate surface area is 201 Å². The van der Waals surface area contributed by atoms with Gasteiger partial charge in [-0.1, -0.05) is 72.8 Å². The zero-order chi connectivity index (χ0) is 23.6. The lowest BCUT2D eigenvalue weighted by atomic mass is 9.87. The van der Waals surface area contributed by atoms with Crippen molar-refractivity contribution in [3.63, 3.8) is 0 Å². The van der Waals surface area contributed by atoms with Crippen molar-refractivity contribution in [2.75, 3.05) is 33.1 Å². The summed E-state index contributed by atoms with van der Waals surface area (Å²) < 4.78 is 11.6. The van der Waals surface area contributed by atoms with Gasteiger partial charge in [0.1, 0.15) is 18.5 Å². The number of rotatable bonds is 10. The number of esters is 1. The Kier molecular flexibility index (Phi) is 9.11. The van der Waals surface area contributed by atoms with Crippen molar-refractivity contribution in [3.05, 3.63) is 102 Å². The van der Waals surface area contributed by atoms with E-state index in [1.165, 1.54) is 6.92 Å². The first-order chi connectivity index (χ1) is 16.0. The molecule has 0 bridgehead atoms. The van der Waals surface area contributed by atoms with Crippen molar-refractivity contribution < 1.29 is 14.3 Å². The zero-order valence-corrected chi connectivity index (χ0v) is 20.1. The highest BCUT2D eigenvalue weighted by atomic mass is 35.5. The van der Waals surface area contributed by atoms with E-state index in [2.05, 4.69) is 17.0 Å². The van der Waals surface area contributed by atoms with Crippen molar-refractivity contribution in [2.45, 2.75) is 13.0 Å². The summed E-state index contributed by atoms with van der Waals surface area (Å²) in [4.78, 5) is 14.0. The Morgan fingerprint density at radius 1 is 0.848 bits per heavy atom. The highest BCUT2D eigenvalue weighted by Gasteiger charge is 2.24. The van der Waals surface area contributed by atoms with Crippen LogP contribution in [0.5, 0.6) is 5.75 Å². The number of halogens is 1. The van der Waals surface area contributed by atoms with Crippen LogP contribution in [-0.4, -0.2) is 50.1 Å². The minimum atomic E-state index is -0.599. The van der Waals surface area contributed by atoms with Gasteiger partial charge in [0.2, 0.25) is 0 Å². The van der Waals surface area contributed by atoms with Gasteiger partial charge in [-0.05, 0) is 48.5 Å². The lowest BCUT2D eigenvalue weighted by Gasteiger charge is -2.24. The molecule has 0 fully saturated rings. The van der Waals surface area contributed by atoms with E-state index >= 15 is 0 Å². The summed E-state index contributed by atoms with van der Waals surface area (Å²) in [6.07, 6.45) is -0.599. The quantitative estimate of drug-likeness (QED) is 0.218. The zero-order valence-electron chi connectivity index (χ0n) is 19.3. The van der Waals surface area contributed by atoms with Crippen molar-refractivity contribution >= 4 is 28.7 Å². The maximum Gasteiger partial charge on any atom is 0.303 e. The molecule has 0 heterocycles. The Morgan fingerprint density at radius 3 is 1.91 bits per heavy atom. The minimum absolute atomic E-state index is 0.145. The Balaban J connectivity index is 2.15. The monoisotopic (exact) mass is 463 g/mol. The number of hydrogen-bond donors (Lipinski definition) is 0. The molecular formula is C28H30ClNO3. The van der Waals surface area contributed by atoms with Gasteiger partial charge in [0.15, 0.2) is 0 Å². The maximum atomic E-state index is 11.9. The number of alkyl halides is 1. The molecule has 0 aromatic heterocycles. The van der Waals surface area contributed by atoms with Crippen molar-refractivity contribution in [2.24, 2.45) is 0 Å². The van der Waals surface area contributed by atoms with Gasteiger partial charge in [0, 0.05) is 19.0 Å². The average molecular weight is 464 g/mol. The minimum Gasteiger partial charge on any atom is -0.492 e. The molecule has 3 rings (SSSR count). The van der Waals surface area contributed by atoms with E-state index in [9.17, 15) is 4.79 Å². The van der Waals surface area contributed by atoms with Gasteiger partial charge < -0.3 is 14.4 Å². The van der Waals surface area contributed by atoms with Crippen LogP contribution in [-0.2, 0) is 9.53 Å². The van der Waals surface area contributed by atoms with E-state index in [1.54, 1.807) is 0 Å². The molecule has 0 saturated carbocycles. The van der Waals surface area contributed by atoms with Gasteiger partial charge in [-0.15, -0.1) is 11.6 Å². The smallest absolute Gasteiger partial charge is 0.303 e. The molecule has 33 heavy (non-hydrogen) atoms. The summed E-state index contributed by atoms with van der Waals surface area (Å²) in [5.41, 5.74) is 4.79. The van der Waals surface area contributed by atoms with Crippen LogP contribution in [0.2, 0.25) is 0 Å². The highest BCUT2D eigenvalue weighted by molar-refractivity contribution is 6.19. The van der Waals surface area contributed by atoms with Crippen LogP contribution in [0.25, 0.3) is 11.1 Å². The van der Waals surface area contributed by atoms with Gasteiger partial charge in [-0.2, -0.15) is 0 Å². The summed E-state index contributed by atoms with van der Waals surface area (Å²) in [5.74, 6) is 0.584. The second-order valence-electron chi connectivity index (χ2n) is 7.95. The first-order valence-electron chi connectivity index (χ1n) is 11.0. The second-order valence-corrected chi connectivity index (χ2v) is 8.26. The molecule has 0 radical (unpaired) electrons. The molecule has 1 unspecified atom stereocenters. The third-order valence-electron chi connectivity index (χ3n) is 5.14. The van der Waals surface area contributed by atoms with Gasteiger partial charge in [-0.25, -0.2) is 0 Å². The summed E-state index contributed by atoms with van der Waals surface area (Å²) >= 11 is 6.35. The Bertz CT molecular complexity index is 1050. The maximum absolute atomic E-state index is 11.9. The van der Waals surface area contributed by atoms with E-state index in [4.69, 9.17) is 21.1 Å². The summed E-state index contributed by atoms with van der Waals surface area (Å²) in [7, 11) is 4.04. The fourth-order valence-electron chi connectivity index (χ4n) is 3.62. The highest BCUT2D eigenvalue weighted by Crippen LogP contribution is 2.36. The number of carbonyl (C=O) groups excluding carboxylic acids is 1. The third kappa shape index (κ3) is 6.95. The predicted molar refractivity (Wildman–Crippen MR) is 136 cm³/mol. The molecule has 0 saturated heterocycles. The van der Waals surface area contributed by atoms with Crippen molar-refractivity contribution in [3.8, 4) is 5.75 Å². The lowest BCUT2D eigenvalue weighted by molar-refractivity contribution is -0.142. The Morgan fingerprint density at radius 2 is 1.39 bits per heavy atom. The van der Waals surface area contributed by atoms with Crippen LogP contribution in [0.4, 0.5) is 0 Å². The molecule has 5 heteroatoms. The fraction of sp³-hybridized carbons (Fsp3) is 0.250. The average Bonchev–Trinajstić information content (AvgIpc) is 2.82. The fourth-order valence-corrected chi connectivity index (χ4v) is 3.84. The number of hydrogen-bond acceptors (Lipinski definition) is 4. The molecule has 3 aromatic rings. The SMILES string of the molecule is CC(=O)OC(CCl)/C(=C(\c1ccccc1)c1ccc(OCCN(C)C)cc1)c1ccccc1. The van der Waals surface area contributed by atoms with Gasteiger partial charge in [0.05, 0.1) is 5.88 Å². The summed E-state index contributed by atoms with van der Waals surface area (Å²) in [5, 5.41) is 0. The molecule has 4 nitrogen and oxygen atoms in total. The largest absolute Gasteiger partial charge is 0.492 e. The molecule has 0 spiro atoms. The van der Waals surface area contributed by atoms with E-state index < -0.39 is 6.10 Å². The van der Waals surface area contributed by atoms with Crippen LogP contribution in [0, 0.1) is 0 Å². The Hall–Kier alpha value is -3.08. The number of benzene rings is 3. The predicted octanol–water partition coefficient (Wildman–Crippen LogP) is 5.76. The normalized spacial score (nSPS) is 12.8. The molecule has 0 aliphatic heterocycles. The van der Waals surface area contributed by atoms with Crippen LogP contribution < -0.4 is 4.74 Å². The standard InChI is InChI=1S/C28H30ClNO3/c1-21(31)33-26(20-29)28(23-12-8-5-9-13-23)27(22-10-6-4-7-11-22)24-14-16-25(17-15-24)32-19-18-30(2)3/h4-17,26H,18-20H2,1-3H3/b28-27+. The number of ether oxygens (including phenoxy) is 2. The van der Waals surface area contributed by atoms with Crippen LogP contribution in [0.15, 0.2) is 84.9 Å². The number of nitrogens with zero attached hydrogens (tertiary/aromatic N) is 1. The van der Waals surface area contributed by atoms with Crippen molar-refractivity contribution in [1.29, 1.82) is 0 Å². The molecule has 0 N–H and O–H groups in total. The third-order valence-corrected chi connectivity index (χ3v) is 5.42. The molecule has 0 aliphatic carbocycles. The molecule has 0 aliphatic rings. The van der Waals surface area contributed by atoms with E-state index in [0.717, 1.165) is 40.1 Å². The first-order valence-corrected chi connectivity index (χ1v) is 11.5. The second kappa shape index (κ2) is 12.2. The number of carbonyl (C=O) groups is 1. The van der Waals surface area contributed by atoms with E-state index in [1.807, 2.05) is 86.9 Å². The lowest BCUT2D eigenvalue weighted by Crippen LogP contribution is -2.21. The van der Waals surface area contributed by atoms with Gasteiger partial charge in [0.25, 0.3) is 0 Å². The van der Waals surface area contributed by atoms with Crippen molar-refractivity contribution in [1.82, 2.24) is 4.90 Å². The van der Waals surface area contributed by atoms with E-state index in [0.29, 0.717) is 6.61 Å². The molecule has 1 atom stereocenters. The summed E-state index contributed by atoms with van der Waals surface area (Å²) in [6.45, 7) is 2.86. The molecule has 0 amide bonds. The van der Waals surface area contributed by atoms with Gasteiger partial charge >= 0.3 is 5.97 Å². The van der Waals surface area contributed by atoms with E-state index in [-0.39, 0.29) is 11.8 Å².